The molecule has 8 heteroatoms. The lowest BCUT2D eigenvalue weighted by molar-refractivity contribution is 0.0151. The van der Waals surface area contributed by atoms with Gasteiger partial charge >= 0.3 is 12.2 Å². The van der Waals surface area contributed by atoms with Gasteiger partial charge in [0.1, 0.15) is 11.2 Å². The van der Waals surface area contributed by atoms with E-state index in [0.717, 1.165) is 21.4 Å². The Kier molecular flexibility index (Phi) is 9.63. The lowest BCUT2D eigenvalue weighted by Gasteiger charge is -2.34. The minimum Gasteiger partial charge on any atom is -0.443 e. The number of hydrogen-bond donors (Lipinski definition) is 0. The summed E-state index contributed by atoms with van der Waals surface area (Å²) in [6.07, 6.45) is -0.818. The Labute approximate surface area is 199 Å². The summed E-state index contributed by atoms with van der Waals surface area (Å²) in [7, 11) is 0. The third-order valence-corrected chi connectivity index (χ3v) is 5.39. The normalized spacial score (nSPS) is 18.8. The summed E-state index contributed by atoms with van der Waals surface area (Å²) in [5.41, 5.74) is -1.10. The van der Waals surface area contributed by atoms with E-state index in [-0.39, 0.29) is 5.17 Å². The first-order chi connectivity index (χ1) is 14.2. The van der Waals surface area contributed by atoms with Crippen LogP contribution in [0.25, 0.3) is 0 Å². The molecule has 6 nitrogen and oxygen atoms in total. The topological polar surface area (TPSA) is 68.2 Å². The monoisotopic (exact) mass is 514 g/mol. The molecule has 1 atom stereocenters. The van der Waals surface area contributed by atoms with Crippen LogP contribution in [0, 0.1) is 0 Å². The molecular formula is C23H35BrN2O4S. The zero-order valence-electron chi connectivity index (χ0n) is 20.0. The van der Waals surface area contributed by atoms with E-state index in [4.69, 9.17) is 14.5 Å². The molecule has 0 spiro atoms. The summed E-state index contributed by atoms with van der Waals surface area (Å²) >= 11 is 4.84. The largest absolute Gasteiger partial charge is 0.443 e. The molecular weight excluding hydrogens is 480 g/mol. The molecule has 0 fully saturated rings. The maximum Gasteiger partial charge on any atom is 0.426 e. The van der Waals surface area contributed by atoms with Crippen molar-refractivity contribution in [1.82, 2.24) is 4.90 Å². The summed E-state index contributed by atoms with van der Waals surface area (Å²) in [5, 5.41) is 0.280. The molecule has 0 bridgehead atoms. The fourth-order valence-corrected chi connectivity index (χ4v) is 4.26. The summed E-state index contributed by atoms with van der Waals surface area (Å²) in [6, 6.07) is 7.89. The third-order valence-electron chi connectivity index (χ3n) is 3.95. The van der Waals surface area contributed by atoms with Gasteiger partial charge in [0.05, 0.1) is 5.54 Å². The molecule has 0 saturated carbocycles. The number of amides is 2. The lowest BCUT2D eigenvalue weighted by Crippen LogP contribution is -2.47. The highest BCUT2D eigenvalue weighted by atomic mass is 79.9. The average Bonchev–Trinajstić information content (AvgIpc) is 2.60. The number of benzene rings is 1. The van der Waals surface area contributed by atoms with Crippen molar-refractivity contribution in [2.45, 2.75) is 85.5 Å². The zero-order chi connectivity index (χ0) is 24.0. The van der Waals surface area contributed by atoms with Crippen LogP contribution in [0.1, 0.15) is 74.3 Å². The van der Waals surface area contributed by atoms with Crippen LogP contribution in [0.2, 0.25) is 0 Å². The van der Waals surface area contributed by atoms with E-state index >= 15 is 0 Å². The van der Waals surface area contributed by atoms with Crippen LogP contribution in [-0.4, -0.2) is 39.2 Å². The van der Waals surface area contributed by atoms with Gasteiger partial charge in [0.15, 0.2) is 5.17 Å². The molecule has 2 amide bonds. The van der Waals surface area contributed by atoms with Crippen LogP contribution in [0.15, 0.2) is 33.7 Å². The minimum atomic E-state index is -0.795. The molecule has 1 aliphatic heterocycles. The van der Waals surface area contributed by atoms with Crippen molar-refractivity contribution in [2.75, 3.05) is 5.75 Å². The van der Waals surface area contributed by atoms with Gasteiger partial charge in [-0.3, -0.25) is 4.99 Å². The Balaban J connectivity index is 0.00000233. The van der Waals surface area contributed by atoms with Crippen molar-refractivity contribution >= 4 is 45.0 Å². The molecule has 0 saturated heterocycles. The molecule has 1 unspecified atom stereocenters. The number of nitrogens with zero attached hydrogens (tertiary/aromatic N) is 2. The van der Waals surface area contributed by atoms with E-state index in [1.54, 1.807) is 41.5 Å². The fraction of sp³-hybridized carbons (Fsp3) is 0.609. The van der Waals surface area contributed by atoms with Crippen LogP contribution < -0.4 is 0 Å². The molecule has 2 rings (SSSR count). The van der Waals surface area contributed by atoms with Gasteiger partial charge in [-0.1, -0.05) is 53.7 Å². The molecule has 1 aromatic carbocycles. The van der Waals surface area contributed by atoms with Crippen LogP contribution >= 0.6 is 27.7 Å². The van der Waals surface area contributed by atoms with E-state index in [1.165, 1.54) is 11.8 Å². The maximum absolute atomic E-state index is 12.9. The minimum absolute atomic E-state index is 0.280. The van der Waals surface area contributed by atoms with Gasteiger partial charge in [-0.25, -0.2) is 9.59 Å². The molecule has 1 aromatic rings. The second-order valence-electron chi connectivity index (χ2n) is 9.07. The second-order valence-corrected chi connectivity index (χ2v) is 11.1. The predicted molar refractivity (Wildman–Crippen MR) is 132 cm³/mol. The SMILES string of the molecule is CC.CC(C)(C)OC(=O)N(C(=O)OC(C)(C)C)C1=NC(C)(c2cccc(Br)c2)CCS1. The van der Waals surface area contributed by atoms with E-state index in [1.807, 2.05) is 45.0 Å². The first-order valence-corrected chi connectivity index (χ1v) is 12.2. The summed E-state index contributed by atoms with van der Waals surface area (Å²) in [5.74, 6) is 0.698. The number of halogens is 1. The smallest absolute Gasteiger partial charge is 0.426 e. The standard InChI is InChI=1S/C21H29BrN2O4S.C2H6/c1-19(2,3)27-17(25)24(18(26)28-20(4,5)6)16-23-21(7,11-12-29-16)14-9-8-10-15(22)13-14;1-2/h8-10,13H,11-12H2,1-7H3;1-2H3. The second kappa shape index (κ2) is 10.9. The van der Waals surface area contributed by atoms with E-state index in [0.29, 0.717) is 5.75 Å². The van der Waals surface area contributed by atoms with Crippen molar-refractivity contribution in [1.29, 1.82) is 0 Å². The molecule has 0 aliphatic carbocycles. The van der Waals surface area contributed by atoms with Crippen LogP contribution in [0.3, 0.4) is 0 Å². The number of thioether (sulfide) groups is 1. The highest BCUT2D eigenvalue weighted by Gasteiger charge is 2.39. The quantitative estimate of drug-likeness (QED) is 0.391. The van der Waals surface area contributed by atoms with Crippen molar-refractivity contribution in [2.24, 2.45) is 4.99 Å². The summed E-state index contributed by atoms with van der Waals surface area (Å²) < 4.78 is 11.9. The molecule has 0 N–H and O–H groups in total. The van der Waals surface area contributed by atoms with Crippen LogP contribution in [0.4, 0.5) is 9.59 Å². The lowest BCUT2D eigenvalue weighted by atomic mass is 9.90. The van der Waals surface area contributed by atoms with Crippen LogP contribution in [-0.2, 0) is 15.0 Å². The van der Waals surface area contributed by atoms with Crippen molar-refractivity contribution in [3.05, 3.63) is 34.3 Å². The Morgan fingerprint density at radius 1 is 1.06 bits per heavy atom. The van der Waals surface area contributed by atoms with Gasteiger partial charge in [-0.15, -0.1) is 0 Å². The van der Waals surface area contributed by atoms with E-state index in [9.17, 15) is 9.59 Å². The van der Waals surface area contributed by atoms with E-state index in [2.05, 4.69) is 15.9 Å². The molecule has 174 valence electrons. The zero-order valence-corrected chi connectivity index (χ0v) is 22.4. The highest BCUT2D eigenvalue weighted by Crippen LogP contribution is 2.38. The number of hydrogen-bond acceptors (Lipinski definition) is 6. The Bertz CT molecular complexity index is 787. The highest BCUT2D eigenvalue weighted by molar-refractivity contribution is 9.10. The van der Waals surface area contributed by atoms with Crippen molar-refractivity contribution in [3.8, 4) is 0 Å². The number of ether oxygens (including phenoxy) is 2. The number of imide groups is 1. The maximum atomic E-state index is 12.9. The summed E-state index contributed by atoms with van der Waals surface area (Å²) in [6.45, 7) is 16.5. The molecule has 1 heterocycles. The number of rotatable bonds is 1. The first-order valence-electron chi connectivity index (χ1n) is 10.4. The van der Waals surface area contributed by atoms with Crippen molar-refractivity contribution in [3.63, 3.8) is 0 Å². The Morgan fingerprint density at radius 3 is 2.03 bits per heavy atom. The number of carbonyl (C=O) groups excluding carboxylic acids is 2. The number of carbonyl (C=O) groups is 2. The van der Waals surface area contributed by atoms with Gasteiger partial charge in [0.25, 0.3) is 0 Å². The molecule has 31 heavy (non-hydrogen) atoms. The van der Waals surface area contributed by atoms with Gasteiger partial charge in [-0.2, -0.15) is 4.90 Å². The Morgan fingerprint density at radius 2 is 1.58 bits per heavy atom. The summed E-state index contributed by atoms with van der Waals surface area (Å²) in [4.78, 5) is 31.5. The van der Waals surface area contributed by atoms with Gasteiger partial charge in [0.2, 0.25) is 0 Å². The fourth-order valence-electron chi connectivity index (χ4n) is 2.63. The Hall–Kier alpha value is -1.54. The molecule has 1 aliphatic rings. The van der Waals surface area contributed by atoms with Gasteiger partial charge < -0.3 is 9.47 Å². The van der Waals surface area contributed by atoms with Gasteiger partial charge in [-0.05, 0) is 72.6 Å². The number of aliphatic imine (C=N–C) groups is 1. The van der Waals surface area contributed by atoms with Crippen molar-refractivity contribution < 1.29 is 19.1 Å². The average molecular weight is 516 g/mol. The third kappa shape index (κ3) is 8.48. The molecule has 0 radical (unpaired) electrons. The number of amidine groups is 1. The van der Waals surface area contributed by atoms with Gasteiger partial charge in [0, 0.05) is 10.2 Å². The first kappa shape index (κ1) is 27.5. The molecule has 0 aromatic heterocycles. The van der Waals surface area contributed by atoms with Crippen LogP contribution in [0.5, 0.6) is 0 Å². The van der Waals surface area contributed by atoms with E-state index < -0.39 is 28.9 Å². The predicted octanol–water partition coefficient (Wildman–Crippen LogP) is 7.36.